The monoisotopic (exact) mass is 1490 g/mol. The van der Waals surface area contributed by atoms with Crippen LogP contribution in [0.2, 0.25) is 0 Å². The van der Waals surface area contributed by atoms with E-state index in [9.17, 15) is 43.2 Å². The molecule has 0 aromatic rings. The summed E-state index contributed by atoms with van der Waals surface area (Å²) < 4.78 is 68.5. The molecule has 0 fully saturated rings. The number of aliphatic hydroxyl groups excluding tert-OH is 1. The fourth-order valence-corrected chi connectivity index (χ4v) is 14.5. The van der Waals surface area contributed by atoms with Gasteiger partial charge in [-0.15, -0.1) is 0 Å². The first-order valence-electron chi connectivity index (χ1n) is 43.2. The lowest BCUT2D eigenvalue weighted by molar-refractivity contribution is -0.161. The van der Waals surface area contributed by atoms with Crippen molar-refractivity contribution in [2.24, 2.45) is 5.92 Å². The van der Waals surface area contributed by atoms with Crippen molar-refractivity contribution in [3.63, 3.8) is 0 Å². The van der Waals surface area contributed by atoms with E-state index < -0.39 is 97.5 Å². The molecule has 0 amide bonds. The SMILES string of the molecule is CCCCCCCCCCCCCCCCCCCCCC(=O)OC[C@H](COP(=O)(O)OC[C@@H](O)COP(=O)(O)OC[C@@H](COC(=O)CCCCCCC)OC(=O)CCCCCCCCCCCCCCCCCC)OC(=O)CCCCCCCCCCCCCCCCCCCCC(C)CC. The lowest BCUT2D eigenvalue weighted by Crippen LogP contribution is -2.30. The van der Waals surface area contributed by atoms with Gasteiger partial charge in [0.2, 0.25) is 0 Å². The smallest absolute Gasteiger partial charge is 0.462 e. The molecular weight excluding hydrogens is 1330 g/mol. The molecule has 0 spiro atoms. The van der Waals surface area contributed by atoms with Gasteiger partial charge in [0.05, 0.1) is 26.4 Å². The second-order valence-electron chi connectivity index (χ2n) is 30.1. The average molecular weight is 1490 g/mol. The second kappa shape index (κ2) is 75.9. The number of hydrogen-bond acceptors (Lipinski definition) is 15. The van der Waals surface area contributed by atoms with Crippen molar-refractivity contribution in [3.8, 4) is 0 Å². The first-order chi connectivity index (χ1) is 49.6. The Kier molecular flexibility index (Phi) is 74.4. The topological polar surface area (TPSA) is 237 Å². The number of phosphoric acid groups is 2. The zero-order valence-corrected chi connectivity index (χ0v) is 68.5. The molecule has 19 heteroatoms. The molecule has 0 saturated carbocycles. The Labute approximate surface area is 626 Å². The number of carbonyl (C=O) groups is 4. The van der Waals surface area contributed by atoms with Gasteiger partial charge in [0.25, 0.3) is 0 Å². The third kappa shape index (κ3) is 74.9. The summed E-state index contributed by atoms with van der Waals surface area (Å²) in [5, 5.41) is 10.6. The van der Waals surface area contributed by atoms with E-state index in [1.165, 1.54) is 263 Å². The minimum Gasteiger partial charge on any atom is -0.462 e. The van der Waals surface area contributed by atoms with E-state index in [0.717, 1.165) is 102 Å². The summed E-state index contributed by atoms with van der Waals surface area (Å²) in [5.74, 6) is -1.24. The summed E-state index contributed by atoms with van der Waals surface area (Å²) in [7, 11) is -9.91. The normalized spacial score (nSPS) is 14.1. The number of ether oxygens (including phenoxy) is 4. The highest BCUT2D eigenvalue weighted by Crippen LogP contribution is 2.45. The minimum atomic E-state index is -4.96. The molecule has 0 aliphatic carbocycles. The van der Waals surface area contributed by atoms with Gasteiger partial charge in [-0.2, -0.15) is 0 Å². The molecule has 0 aliphatic rings. The molecular formula is C83H162O17P2. The van der Waals surface area contributed by atoms with Crippen LogP contribution in [0.25, 0.3) is 0 Å². The Hall–Kier alpha value is -1.94. The van der Waals surface area contributed by atoms with E-state index in [1.807, 2.05) is 0 Å². The third-order valence-electron chi connectivity index (χ3n) is 19.9. The number of unbranched alkanes of at least 4 members (excludes halogenated alkanes) is 54. The number of rotatable bonds is 83. The van der Waals surface area contributed by atoms with E-state index in [1.54, 1.807) is 0 Å². The molecule has 6 atom stereocenters. The van der Waals surface area contributed by atoms with Gasteiger partial charge in [0, 0.05) is 25.7 Å². The number of esters is 4. The van der Waals surface area contributed by atoms with Crippen LogP contribution in [0.15, 0.2) is 0 Å². The standard InChI is InChI=1S/C83H162O17P2/c1-6-10-13-16-18-20-22-24-26-28-29-33-37-40-44-48-52-57-62-67-81(86)94-73-79(100-83(88)69-64-59-54-50-46-42-38-34-31-30-32-35-39-43-47-51-56-60-65-76(5)9-4)75-98-102(91,92)96-71-77(84)70-95-101(89,90)97-74-78(72-93-80(85)66-61-55-15-12-8-3)99-82(87)68-63-58-53-49-45-41-36-27-25-23-21-19-17-14-11-7-2/h76-79,84H,6-75H2,1-5H3,(H,89,90)(H,91,92)/t76?,77-,78+,79+/m0/s1. The maximum absolute atomic E-state index is 13.1. The maximum atomic E-state index is 13.1. The number of hydrogen-bond donors (Lipinski definition) is 3. The van der Waals surface area contributed by atoms with Crippen LogP contribution in [0.5, 0.6) is 0 Å². The van der Waals surface area contributed by atoms with Crippen molar-refractivity contribution in [1.82, 2.24) is 0 Å². The molecule has 606 valence electrons. The van der Waals surface area contributed by atoms with Crippen LogP contribution < -0.4 is 0 Å². The van der Waals surface area contributed by atoms with Crippen LogP contribution in [0, 0.1) is 5.92 Å². The molecule has 0 radical (unpaired) electrons. The van der Waals surface area contributed by atoms with E-state index in [-0.39, 0.29) is 25.7 Å². The summed E-state index contributed by atoms with van der Waals surface area (Å²) in [6.45, 7) is 7.32. The minimum absolute atomic E-state index is 0.108. The van der Waals surface area contributed by atoms with Gasteiger partial charge >= 0.3 is 39.5 Å². The van der Waals surface area contributed by atoms with Crippen molar-refractivity contribution in [3.05, 3.63) is 0 Å². The van der Waals surface area contributed by atoms with Gasteiger partial charge < -0.3 is 33.8 Å². The molecule has 0 bridgehead atoms. The van der Waals surface area contributed by atoms with Gasteiger partial charge in [-0.1, -0.05) is 394 Å². The summed E-state index contributed by atoms with van der Waals surface area (Å²) >= 11 is 0. The zero-order chi connectivity index (χ0) is 74.8. The Morgan fingerprint density at radius 2 is 0.471 bits per heavy atom. The largest absolute Gasteiger partial charge is 0.472 e. The fourth-order valence-electron chi connectivity index (χ4n) is 12.9. The van der Waals surface area contributed by atoms with Crippen LogP contribution in [0.4, 0.5) is 0 Å². The second-order valence-corrected chi connectivity index (χ2v) is 33.0. The van der Waals surface area contributed by atoms with Crippen LogP contribution >= 0.6 is 15.6 Å². The van der Waals surface area contributed by atoms with Crippen LogP contribution in [-0.2, 0) is 65.4 Å². The Morgan fingerprint density at radius 1 is 0.275 bits per heavy atom. The van der Waals surface area contributed by atoms with Crippen LogP contribution in [0.3, 0.4) is 0 Å². The zero-order valence-electron chi connectivity index (χ0n) is 66.8. The van der Waals surface area contributed by atoms with Crippen molar-refractivity contribution < 1.29 is 80.2 Å². The summed E-state index contributed by atoms with van der Waals surface area (Å²) in [5.41, 5.74) is 0. The Bertz CT molecular complexity index is 1950. The first kappa shape index (κ1) is 100. The van der Waals surface area contributed by atoms with E-state index in [4.69, 9.17) is 37.0 Å². The average Bonchev–Trinajstić information content (AvgIpc) is 0.998. The van der Waals surface area contributed by atoms with Gasteiger partial charge in [-0.3, -0.25) is 37.3 Å². The number of phosphoric ester groups is 2. The lowest BCUT2D eigenvalue weighted by atomic mass is 9.99. The van der Waals surface area contributed by atoms with Gasteiger partial charge in [0.15, 0.2) is 12.2 Å². The highest BCUT2D eigenvalue weighted by atomic mass is 31.2. The Morgan fingerprint density at radius 3 is 0.696 bits per heavy atom. The molecule has 17 nitrogen and oxygen atoms in total. The van der Waals surface area contributed by atoms with Crippen LogP contribution in [0.1, 0.15) is 446 Å². The molecule has 0 aromatic heterocycles. The fraction of sp³-hybridized carbons (Fsp3) is 0.952. The molecule has 0 rings (SSSR count). The summed E-state index contributed by atoms with van der Waals surface area (Å²) in [4.78, 5) is 72.8. The molecule has 0 saturated heterocycles. The molecule has 0 aromatic carbocycles. The van der Waals surface area contributed by atoms with E-state index in [0.29, 0.717) is 25.7 Å². The number of aliphatic hydroxyl groups is 1. The quantitative estimate of drug-likeness (QED) is 0.0222. The number of carbonyl (C=O) groups excluding carboxylic acids is 4. The molecule has 3 N–H and O–H groups in total. The summed E-state index contributed by atoms with van der Waals surface area (Å²) in [6.07, 6.45) is 68.5. The Balaban J connectivity index is 5.11. The lowest BCUT2D eigenvalue weighted by Gasteiger charge is -2.21. The first-order valence-corrected chi connectivity index (χ1v) is 46.2. The van der Waals surface area contributed by atoms with Gasteiger partial charge in [-0.05, 0) is 31.6 Å². The van der Waals surface area contributed by atoms with Gasteiger partial charge in [-0.25, -0.2) is 9.13 Å². The van der Waals surface area contributed by atoms with Crippen molar-refractivity contribution in [2.75, 3.05) is 39.6 Å². The third-order valence-corrected chi connectivity index (χ3v) is 21.8. The van der Waals surface area contributed by atoms with E-state index in [2.05, 4.69) is 34.6 Å². The molecule has 0 heterocycles. The summed E-state index contributed by atoms with van der Waals surface area (Å²) in [6, 6.07) is 0. The predicted molar refractivity (Wildman–Crippen MR) is 418 cm³/mol. The van der Waals surface area contributed by atoms with Crippen molar-refractivity contribution >= 4 is 39.5 Å². The molecule has 0 aliphatic heterocycles. The molecule has 3 unspecified atom stereocenters. The highest BCUT2D eigenvalue weighted by Gasteiger charge is 2.30. The van der Waals surface area contributed by atoms with Crippen LogP contribution in [-0.4, -0.2) is 96.7 Å². The maximum Gasteiger partial charge on any atom is 0.472 e. The van der Waals surface area contributed by atoms with Crippen molar-refractivity contribution in [2.45, 2.75) is 464 Å². The van der Waals surface area contributed by atoms with E-state index >= 15 is 0 Å². The predicted octanol–water partition coefficient (Wildman–Crippen LogP) is 25.2. The molecule has 102 heavy (non-hydrogen) atoms. The van der Waals surface area contributed by atoms with Crippen molar-refractivity contribution in [1.29, 1.82) is 0 Å². The van der Waals surface area contributed by atoms with Gasteiger partial charge in [0.1, 0.15) is 19.3 Å². The highest BCUT2D eigenvalue weighted by molar-refractivity contribution is 7.47.